The molecule has 0 radical (unpaired) electrons. The van der Waals surface area contributed by atoms with Crippen molar-refractivity contribution in [2.24, 2.45) is 0 Å². The van der Waals surface area contributed by atoms with Gasteiger partial charge in [0, 0.05) is 17.3 Å². The zero-order valence-electron chi connectivity index (χ0n) is 18.1. The molecule has 8 heteroatoms. The van der Waals surface area contributed by atoms with Crippen molar-refractivity contribution in [3.63, 3.8) is 0 Å². The molecule has 1 saturated heterocycles. The van der Waals surface area contributed by atoms with Crippen LogP contribution >= 0.6 is 0 Å². The number of hydrogen-bond acceptors (Lipinski definition) is 8. The van der Waals surface area contributed by atoms with Gasteiger partial charge in [0.25, 0.3) is 0 Å². The van der Waals surface area contributed by atoms with Gasteiger partial charge in [-0.05, 0) is 56.6 Å². The minimum atomic E-state index is 0.191. The van der Waals surface area contributed by atoms with Crippen LogP contribution in [0.4, 0.5) is 17.6 Å². The Balaban J connectivity index is 1.56. The van der Waals surface area contributed by atoms with Gasteiger partial charge in [0.05, 0.1) is 20.8 Å². The Kier molecular flexibility index (Phi) is 6.18. The lowest BCUT2D eigenvalue weighted by Gasteiger charge is -2.26. The highest BCUT2D eigenvalue weighted by atomic mass is 16.5. The first-order valence-electron chi connectivity index (χ1n) is 10.4. The van der Waals surface area contributed by atoms with E-state index in [-0.39, 0.29) is 12.0 Å². The molecule has 1 fully saturated rings. The smallest absolute Gasteiger partial charge is 0.232 e. The maximum atomic E-state index is 5.98. The molecule has 0 amide bonds. The summed E-state index contributed by atoms with van der Waals surface area (Å²) in [7, 11) is 3.37. The molecule has 0 spiro atoms. The van der Waals surface area contributed by atoms with Gasteiger partial charge < -0.3 is 20.5 Å². The van der Waals surface area contributed by atoms with Gasteiger partial charge in [-0.1, -0.05) is 17.7 Å². The zero-order valence-corrected chi connectivity index (χ0v) is 18.1. The maximum Gasteiger partial charge on any atom is 0.232 e. The number of likely N-dealkylation sites (tertiary alicyclic amines) is 1. The van der Waals surface area contributed by atoms with Crippen LogP contribution in [-0.4, -0.2) is 40.6 Å². The minimum Gasteiger partial charge on any atom is -0.497 e. The van der Waals surface area contributed by atoms with Crippen LogP contribution in [0.5, 0.6) is 11.5 Å². The average Bonchev–Trinajstić information content (AvgIpc) is 3.22. The summed E-state index contributed by atoms with van der Waals surface area (Å²) in [4.78, 5) is 15.6. The van der Waals surface area contributed by atoms with Gasteiger partial charge >= 0.3 is 0 Å². The summed E-state index contributed by atoms with van der Waals surface area (Å²) in [5.74, 6) is 2.96. The molecule has 2 aromatic carbocycles. The van der Waals surface area contributed by atoms with Crippen LogP contribution in [0.15, 0.2) is 42.5 Å². The van der Waals surface area contributed by atoms with Gasteiger partial charge in [-0.25, -0.2) is 0 Å². The summed E-state index contributed by atoms with van der Waals surface area (Å²) in [5.41, 5.74) is 9.19. The number of aryl methyl sites for hydroxylation is 1. The van der Waals surface area contributed by atoms with Crippen molar-refractivity contribution in [3.05, 3.63) is 59.4 Å². The number of nitrogens with one attached hydrogen (secondary N) is 1. The van der Waals surface area contributed by atoms with E-state index >= 15 is 0 Å². The highest BCUT2D eigenvalue weighted by molar-refractivity contribution is 5.54. The normalized spacial score (nSPS) is 16.3. The summed E-state index contributed by atoms with van der Waals surface area (Å²) < 4.78 is 11.0. The highest BCUT2D eigenvalue weighted by Crippen LogP contribution is 2.39. The van der Waals surface area contributed by atoms with E-state index in [1.807, 2.05) is 49.4 Å². The second kappa shape index (κ2) is 9.18. The first-order chi connectivity index (χ1) is 15.1. The number of aromatic nitrogens is 3. The van der Waals surface area contributed by atoms with Crippen LogP contribution in [0.25, 0.3) is 0 Å². The number of ether oxygens (including phenoxy) is 2. The molecule has 31 heavy (non-hydrogen) atoms. The molecule has 1 aliphatic rings. The summed E-state index contributed by atoms with van der Waals surface area (Å²) in [6.45, 7) is 3.56. The van der Waals surface area contributed by atoms with Crippen molar-refractivity contribution < 1.29 is 9.47 Å². The number of rotatable bonds is 7. The molecule has 0 saturated carbocycles. The number of methoxy groups -OCH3 is 2. The standard InChI is InChI=1S/C23H28N6O2/c1-15-6-8-16(9-7-15)25-23-27-21(26-22(24)28-23)14-29-12-4-5-19(29)18-13-17(30-2)10-11-20(18)31-3/h6-11,13,19H,4-5,12,14H2,1-3H3,(H3,24,25,26,27,28). The second-order valence-corrected chi connectivity index (χ2v) is 7.66. The molecule has 4 rings (SSSR count). The first kappa shape index (κ1) is 20.9. The fourth-order valence-corrected chi connectivity index (χ4v) is 3.98. The molecule has 1 unspecified atom stereocenters. The van der Waals surface area contributed by atoms with Crippen LogP contribution < -0.4 is 20.5 Å². The van der Waals surface area contributed by atoms with Crippen molar-refractivity contribution in [2.45, 2.75) is 32.4 Å². The molecule has 162 valence electrons. The molecule has 0 aliphatic carbocycles. The minimum absolute atomic E-state index is 0.191. The third-order valence-electron chi connectivity index (χ3n) is 5.51. The molecule has 1 aromatic heterocycles. The van der Waals surface area contributed by atoms with Gasteiger partial charge in [0.2, 0.25) is 11.9 Å². The monoisotopic (exact) mass is 420 g/mol. The van der Waals surface area contributed by atoms with Crippen LogP contribution in [-0.2, 0) is 6.54 Å². The largest absolute Gasteiger partial charge is 0.497 e. The van der Waals surface area contributed by atoms with Gasteiger partial charge in [-0.3, -0.25) is 4.90 Å². The van der Waals surface area contributed by atoms with Crippen molar-refractivity contribution in [1.29, 1.82) is 0 Å². The lowest BCUT2D eigenvalue weighted by atomic mass is 10.0. The number of hydrogen-bond donors (Lipinski definition) is 2. The summed E-state index contributed by atoms with van der Waals surface area (Å²) in [6, 6.07) is 14.1. The molecule has 1 atom stereocenters. The number of anilines is 3. The van der Waals surface area contributed by atoms with Crippen LogP contribution in [0, 0.1) is 6.92 Å². The molecule has 0 bridgehead atoms. The third-order valence-corrected chi connectivity index (χ3v) is 5.51. The fourth-order valence-electron chi connectivity index (χ4n) is 3.98. The van der Waals surface area contributed by atoms with Crippen molar-refractivity contribution in [2.75, 3.05) is 31.8 Å². The Hall–Kier alpha value is -3.39. The first-order valence-corrected chi connectivity index (χ1v) is 10.4. The average molecular weight is 421 g/mol. The SMILES string of the molecule is COc1ccc(OC)c(C2CCCN2Cc2nc(N)nc(Nc3ccc(C)cc3)n2)c1. The third kappa shape index (κ3) is 4.86. The molecule has 1 aliphatic heterocycles. The van der Waals surface area contributed by atoms with E-state index in [9.17, 15) is 0 Å². The quantitative estimate of drug-likeness (QED) is 0.595. The molecule has 8 nitrogen and oxygen atoms in total. The second-order valence-electron chi connectivity index (χ2n) is 7.66. The summed E-state index contributed by atoms with van der Waals surface area (Å²) >= 11 is 0. The highest BCUT2D eigenvalue weighted by Gasteiger charge is 2.29. The van der Waals surface area contributed by atoms with Gasteiger partial charge in [0.1, 0.15) is 17.3 Å². The van der Waals surface area contributed by atoms with E-state index < -0.39 is 0 Å². The molecule has 3 aromatic rings. The Morgan fingerprint density at radius 1 is 1.06 bits per heavy atom. The number of nitrogens with zero attached hydrogens (tertiary/aromatic N) is 4. The van der Waals surface area contributed by atoms with Crippen LogP contribution in [0.2, 0.25) is 0 Å². The number of nitrogen functional groups attached to an aromatic ring is 1. The summed E-state index contributed by atoms with van der Waals surface area (Å²) in [5, 5.41) is 3.22. The lowest BCUT2D eigenvalue weighted by Crippen LogP contribution is -2.25. The van der Waals surface area contributed by atoms with Crippen molar-refractivity contribution in [1.82, 2.24) is 19.9 Å². The predicted octanol–water partition coefficient (Wildman–Crippen LogP) is 3.86. The van der Waals surface area contributed by atoms with Gasteiger partial charge in [-0.15, -0.1) is 0 Å². The molecular formula is C23H28N6O2. The van der Waals surface area contributed by atoms with E-state index in [1.54, 1.807) is 14.2 Å². The van der Waals surface area contributed by atoms with Gasteiger partial charge in [-0.2, -0.15) is 15.0 Å². The van der Waals surface area contributed by atoms with Crippen LogP contribution in [0.1, 0.15) is 35.8 Å². The maximum absolute atomic E-state index is 5.98. The predicted molar refractivity (Wildman–Crippen MR) is 121 cm³/mol. The Labute approximate surface area is 182 Å². The molecular weight excluding hydrogens is 392 g/mol. The van der Waals surface area contributed by atoms with E-state index in [0.29, 0.717) is 18.3 Å². The fraction of sp³-hybridized carbons (Fsp3) is 0.348. The van der Waals surface area contributed by atoms with Crippen LogP contribution in [0.3, 0.4) is 0 Å². The van der Waals surface area contributed by atoms with E-state index in [2.05, 4.69) is 25.2 Å². The Bertz CT molecular complexity index is 1040. The van der Waals surface area contributed by atoms with Gasteiger partial charge in [0.15, 0.2) is 0 Å². The van der Waals surface area contributed by atoms with Crippen molar-refractivity contribution >= 4 is 17.6 Å². The van der Waals surface area contributed by atoms with E-state index in [0.717, 1.165) is 42.1 Å². The Morgan fingerprint density at radius 2 is 1.87 bits per heavy atom. The van der Waals surface area contributed by atoms with Crippen molar-refractivity contribution in [3.8, 4) is 11.5 Å². The zero-order chi connectivity index (χ0) is 21.8. The molecule has 3 N–H and O–H groups in total. The Morgan fingerprint density at radius 3 is 2.61 bits per heavy atom. The number of nitrogens with two attached hydrogens (primary N) is 1. The summed E-state index contributed by atoms with van der Waals surface area (Å²) in [6.07, 6.45) is 2.11. The number of benzene rings is 2. The molecule has 2 heterocycles. The topological polar surface area (TPSA) is 98.4 Å². The lowest BCUT2D eigenvalue weighted by molar-refractivity contribution is 0.236. The van der Waals surface area contributed by atoms with E-state index in [1.165, 1.54) is 5.56 Å². The van der Waals surface area contributed by atoms with E-state index in [4.69, 9.17) is 15.2 Å².